The Morgan fingerprint density at radius 1 is 1.30 bits per heavy atom. The van der Waals surface area contributed by atoms with Crippen molar-refractivity contribution in [2.24, 2.45) is 17.8 Å². The van der Waals surface area contributed by atoms with Gasteiger partial charge in [-0.25, -0.2) is 0 Å². The fourth-order valence-corrected chi connectivity index (χ4v) is 3.44. The van der Waals surface area contributed by atoms with Gasteiger partial charge < -0.3 is 0 Å². The number of hydrogen-bond acceptors (Lipinski definition) is 1. The molecule has 0 amide bonds. The van der Waals surface area contributed by atoms with Crippen molar-refractivity contribution >= 4 is 11.8 Å². The molecule has 2 rings (SSSR count). The summed E-state index contributed by atoms with van der Waals surface area (Å²) in [6, 6.07) is 0. The summed E-state index contributed by atoms with van der Waals surface area (Å²) >= 11 is 2.13. The third-order valence-electron chi connectivity index (χ3n) is 2.61. The number of allylic oxidation sites excluding steroid dienone is 2. The minimum Gasteiger partial charge on any atom is -0.161 e. The standard InChI is InChI=1S/C9H14S/c1-7-2-3-8-5-10-6-9(8)4-7/h2-3,7-9H,4-6H2,1H3/t7-,8+,9+/m1/s1. The highest BCUT2D eigenvalue weighted by molar-refractivity contribution is 7.99. The maximum Gasteiger partial charge on any atom is -0.000139 e. The van der Waals surface area contributed by atoms with Gasteiger partial charge in [0.2, 0.25) is 0 Å². The molecule has 1 saturated heterocycles. The molecule has 0 aromatic heterocycles. The van der Waals surface area contributed by atoms with Crippen molar-refractivity contribution in [3.8, 4) is 0 Å². The van der Waals surface area contributed by atoms with Crippen LogP contribution in [0.4, 0.5) is 0 Å². The first kappa shape index (κ1) is 6.78. The van der Waals surface area contributed by atoms with E-state index < -0.39 is 0 Å². The second-order valence-electron chi connectivity index (χ2n) is 3.56. The molecule has 0 N–H and O–H groups in total. The lowest BCUT2D eigenvalue weighted by molar-refractivity contribution is 0.388. The first-order valence-corrected chi connectivity index (χ1v) is 5.28. The molecule has 10 heavy (non-hydrogen) atoms. The summed E-state index contributed by atoms with van der Waals surface area (Å²) in [6.45, 7) is 2.33. The zero-order valence-electron chi connectivity index (χ0n) is 6.42. The Balaban J connectivity index is 2.09. The predicted molar refractivity (Wildman–Crippen MR) is 47.2 cm³/mol. The Morgan fingerprint density at radius 2 is 2.20 bits per heavy atom. The molecule has 0 unspecified atom stereocenters. The van der Waals surface area contributed by atoms with Gasteiger partial charge in [-0.15, -0.1) is 0 Å². The van der Waals surface area contributed by atoms with Crippen LogP contribution in [0.2, 0.25) is 0 Å². The maximum atomic E-state index is 2.44. The van der Waals surface area contributed by atoms with Crippen molar-refractivity contribution in [3.63, 3.8) is 0 Å². The second kappa shape index (κ2) is 2.61. The Kier molecular flexibility index (Phi) is 1.77. The molecule has 0 saturated carbocycles. The summed E-state index contributed by atoms with van der Waals surface area (Å²) < 4.78 is 0. The molecule has 0 bridgehead atoms. The monoisotopic (exact) mass is 154 g/mol. The third-order valence-corrected chi connectivity index (χ3v) is 3.89. The van der Waals surface area contributed by atoms with E-state index in [1.165, 1.54) is 17.9 Å². The molecule has 1 heterocycles. The van der Waals surface area contributed by atoms with Gasteiger partial charge in [-0.2, -0.15) is 11.8 Å². The van der Waals surface area contributed by atoms with Crippen molar-refractivity contribution in [1.82, 2.24) is 0 Å². The smallest absolute Gasteiger partial charge is 0.000139 e. The van der Waals surface area contributed by atoms with Crippen LogP contribution in [0.1, 0.15) is 13.3 Å². The minimum absolute atomic E-state index is 0.847. The summed E-state index contributed by atoms with van der Waals surface area (Å²) in [6.07, 6.45) is 6.28. The lowest BCUT2D eigenvalue weighted by Gasteiger charge is -2.22. The third kappa shape index (κ3) is 1.12. The van der Waals surface area contributed by atoms with Gasteiger partial charge in [0.25, 0.3) is 0 Å². The van der Waals surface area contributed by atoms with Crippen LogP contribution in [-0.2, 0) is 0 Å². The molecule has 0 spiro atoms. The molecule has 0 radical (unpaired) electrons. The van der Waals surface area contributed by atoms with E-state index in [9.17, 15) is 0 Å². The van der Waals surface area contributed by atoms with Crippen molar-refractivity contribution in [2.45, 2.75) is 13.3 Å². The molecular formula is C9H14S. The first-order chi connectivity index (χ1) is 4.86. The van der Waals surface area contributed by atoms with Gasteiger partial charge >= 0.3 is 0 Å². The summed E-state index contributed by atoms with van der Waals surface area (Å²) in [4.78, 5) is 0. The zero-order valence-corrected chi connectivity index (χ0v) is 7.23. The van der Waals surface area contributed by atoms with E-state index in [4.69, 9.17) is 0 Å². The van der Waals surface area contributed by atoms with E-state index in [1.807, 2.05) is 0 Å². The van der Waals surface area contributed by atoms with E-state index in [-0.39, 0.29) is 0 Å². The normalized spacial score (nSPS) is 45.5. The van der Waals surface area contributed by atoms with Crippen LogP contribution in [0.25, 0.3) is 0 Å². The molecule has 1 aliphatic heterocycles. The van der Waals surface area contributed by atoms with E-state index >= 15 is 0 Å². The topological polar surface area (TPSA) is 0 Å². The van der Waals surface area contributed by atoms with E-state index in [0.29, 0.717) is 0 Å². The highest BCUT2D eigenvalue weighted by atomic mass is 32.2. The number of hydrogen-bond donors (Lipinski definition) is 0. The van der Waals surface area contributed by atoms with Crippen LogP contribution in [0.3, 0.4) is 0 Å². The van der Waals surface area contributed by atoms with Crippen LogP contribution in [-0.4, -0.2) is 11.5 Å². The summed E-state index contributed by atoms with van der Waals surface area (Å²) in [7, 11) is 0. The molecule has 3 atom stereocenters. The minimum atomic E-state index is 0.847. The lowest BCUT2D eigenvalue weighted by Crippen LogP contribution is -2.17. The van der Waals surface area contributed by atoms with Gasteiger partial charge in [0.1, 0.15) is 0 Å². The van der Waals surface area contributed by atoms with Crippen LogP contribution < -0.4 is 0 Å². The van der Waals surface area contributed by atoms with E-state index in [0.717, 1.165) is 17.8 Å². The maximum absolute atomic E-state index is 2.44. The van der Waals surface area contributed by atoms with Crippen LogP contribution >= 0.6 is 11.8 Å². The van der Waals surface area contributed by atoms with Crippen molar-refractivity contribution in [3.05, 3.63) is 12.2 Å². The second-order valence-corrected chi connectivity index (χ2v) is 4.63. The molecule has 0 nitrogen and oxygen atoms in total. The Bertz CT molecular complexity index is 151. The Hall–Kier alpha value is 0.0900. The fraction of sp³-hybridized carbons (Fsp3) is 0.778. The first-order valence-electron chi connectivity index (χ1n) is 4.12. The molecule has 0 aromatic carbocycles. The molecule has 1 heteroatoms. The van der Waals surface area contributed by atoms with Gasteiger partial charge in [-0.3, -0.25) is 0 Å². The molecule has 2 aliphatic rings. The zero-order chi connectivity index (χ0) is 6.97. The van der Waals surface area contributed by atoms with Crippen molar-refractivity contribution in [1.29, 1.82) is 0 Å². The molecular weight excluding hydrogens is 140 g/mol. The number of thioether (sulfide) groups is 1. The van der Waals surface area contributed by atoms with Crippen LogP contribution in [0.5, 0.6) is 0 Å². The Labute approximate surface area is 67.1 Å². The predicted octanol–water partition coefficient (Wildman–Crippen LogP) is 2.56. The summed E-state index contributed by atoms with van der Waals surface area (Å²) in [5, 5.41) is 0. The summed E-state index contributed by atoms with van der Waals surface area (Å²) in [5.41, 5.74) is 0. The van der Waals surface area contributed by atoms with Crippen molar-refractivity contribution in [2.75, 3.05) is 11.5 Å². The molecule has 56 valence electrons. The molecule has 1 fully saturated rings. The van der Waals surface area contributed by atoms with Gasteiger partial charge in [0.15, 0.2) is 0 Å². The van der Waals surface area contributed by atoms with Gasteiger partial charge in [0, 0.05) is 0 Å². The van der Waals surface area contributed by atoms with Gasteiger partial charge in [-0.1, -0.05) is 19.1 Å². The number of fused-ring (bicyclic) bond motifs is 1. The van der Waals surface area contributed by atoms with Gasteiger partial charge in [0.05, 0.1) is 0 Å². The highest BCUT2D eigenvalue weighted by Gasteiger charge is 2.29. The van der Waals surface area contributed by atoms with Gasteiger partial charge in [-0.05, 0) is 35.7 Å². The molecule has 0 aromatic rings. The number of rotatable bonds is 0. The quantitative estimate of drug-likeness (QED) is 0.483. The average molecular weight is 154 g/mol. The largest absolute Gasteiger partial charge is 0.161 e. The lowest BCUT2D eigenvalue weighted by atomic mass is 9.82. The van der Waals surface area contributed by atoms with E-state index in [1.54, 1.807) is 0 Å². The average Bonchev–Trinajstić information content (AvgIpc) is 2.33. The fourth-order valence-electron chi connectivity index (χ4n) is 1.96. The van der Waals surface area contributed by atoms with Crippen LogP contribution in [0.15, 0.2) is 12.2 Å². The molecule has 1 aliphatic carbocycles. The Morgan fingerprint density at radius 3 is 3.10 bits per heavy atom. The van der Waals surface area contributed by atoms with Crippen LogP contribution in [0, 0.1) is 17.8 Å². The summed E-state index contributed by atoms with van der Waals surface area (Å²) in [5.74, 6) is 5.60. The van der Waals surface area contributed by atoms with Crippen molar-refractivity contribution < 1.29 is 0 Å². The SMILES string of the molecule is C[C@@H]1C=C[C@H]2CSC[C@@H]2C1. The van der Waals surface area contributed by atoms with E-state index in [2.05, 4.69) is 30.8 Å². The highest BCUT2D eigenvalue weighted by Crippen LogP contribution is 2.38.